The normalized spacial score (nSPS) is 19.7. The molecule has 0 radical (unpaired) electrons. The number of aliphatic carboxylic acids is 1. The highest BCUT2D eigenvalue weighted by atomic mass is 16.4. The van der Waals surface area contributed by atoms with E-state index in [1.165, 1.54) is 0 Å². The van der Waals surface area contributed by atoms with Crippen molar-refractivity contribution >= 4 is 29.3 Å². The van der Waals surface area contributed by atoms with Crippen LogP contribution in [0.5, 0.6) is 0 Å². The molecule has 1 aromatic rings. The highest BCUT2D eigenvalue weighted by Crippen LogP contribution is 2.26. The van der Waals surface area contributed by atoms with Crippen molar-refractivity contribution in [3.05, 3.63) is 23.8 Å². The molecular weight excluding hydrogens is 334 g/mol. The number of carboxylic acid groups (broad SMARTS) is 1. The maximum Gasteiger partial charge on any atom is 0.321 e. The van der Waals surface area contributed by atoms with Crippen LogP contribution in [0.1, 0.15) is 38.7 Å². The molecule has 0 aromatic heterocycles. The van der Waals surface area contributed by atoms with E-state index in [0.29, 0.717) is 30.8 Å². The van der Waals surface area contributed by atoms with Crippen LogP contribution < -0.4 is 10.6 Å². The number of amides is 3. The lowest BCUT2D eigenvalue weighted by atomic mass is 9.91. The van der Waals surface area contributed by atoms with Crippen LogP contribution in [0.4, 0.5) is 16.2 Å². The molecule has 2 atom stereocenters. The van der Waals surface area contributed by atoms with Gasteiger partial charge in [0.05, 0.1) is 5.92 Å². The predicted molar refractivity (Wildman–Crippen MR) is 100 cm³/mol. The summed E-state index contributed by atoms with van der Waals surface area (Å²) in [6.45, 7) is 6.45. The zero-order valence-corrected chi connectivity index (χ0v) is 15.5. The summed E-state index contributed by atoms with van der Waals surface area (Å²) in [7, 11) is 0. The van der Waals surface area contributed by atoms with Crippen molar-refractivity contribution in [1.29, 1.82) is 0 Å². The van der Waals surface area contributed by atoms with Gasteiger partial charge in [0.1, 0.15) is 0 Å². The van der Waals surface area contributed by atoms with E-state index >= 15 is 0 Å². The molecule has 3 N–H and O–H groups in total. The van der Waals surface area contributed by atoms with E-state index in [9.17, 15) is 19.5 Å². The Kier molecular flexibility index (Phi) is 6.60. The topological polar surface area (TPSA) is 98.7 Å². The van der Waals surface area contributed by atoms with E-state index in [-0.39, 0.29) is 24.4 Å². The van der Waals surface area contributed by atoms with Gasteiger partial charge in [0.25, 0.3) is 0 Å². The Balaban J connectivity index is 2.09. The first-order valence-electron chi connectivity index (χ1n) is 9.00. The number of carbonyl (C=O) groups excluding carboxylic acids is 2. The summed E-state index contributed by atoms with van der Waals surface area (Å²) >= 11 is 0. The van der Waals surface area contributed by atoms with Crippen molar-refractivity contribution in [2.45, 2.75) is 40.0 Å². The molecule has 0 saturated carbocycles. The van der Waals surface area contributed by atoms with Crippen molar-refractivity contribution in [1.82, 2.24) is 4.90 Å². The molecule has 26 heavy (non-hydrogen) atoms. The lowest BCUT2D eigenvalue weighted by Crippen LogP contribution is -2.47. The van der Waals surface area contributed by atoms with Crippen molar-refractivity contribution < 1.29 is 19.5 Å². The third-order valence-corrected chi connectivity index (χ3v) is 4.62. The Morgan fingerprint density at radius 3 is 2.46 bits per heavy atom. The van der Waals surface area contributed by atoms with E-state index in [1.54, 1.807) is 23.1 Å². The minimum absolute atomic E-state index is 0.0618. The zero-order valence-electron chi connectivity index (χ0n) is 15.5. The fraction of sp³-hybridized carbons (Fsp3) is 0.526. The van der Waals surface area contributed by atoms with E-state index < -0.39 is 11.9 Å². The SMILES string of the molecule is CCCC(=O)Nc1cccc(NC(=O)N2CC(C)CC(C(=O)O)C2)c1C. The molecule has 1 heterocycles. The first-order valence-corrected chi connectivity index (χ1v) is 9.00. The largest absolute Gasteiger partial charge is 0.481 e. The molecule has 142 valence electrons. The first-order chi connectivity index (χ1) is 12.3. The maximum absolute atomic E-state index is 12.6. The average Bonchev–Trinajstić information content (AvgIpc) is 2.58. The number of rotatable bonds is 5. The quantitative estimate of drug-likeness (QED) is 0.749. The van der Waals surface area contributed by atoms with Crippen LogP contribution in [0, 0.1) is 18.8 Å². The zero-order chi connectivity index (χ0) is 19.3. The van der Waals surface area contributed by atoms with Gasteiger partial charge in [0.2, 0.25) is 5.91 Å². The van der Waals surface area contributed by atoms with Gasteiger partial charge >= 0.3 is 12.0 Å². The van der Waals surface area contributed by atoms with Gasteiger partial charge in [-0.25, -0.2) is 4.79 Å². The van der Waals surface area contributed by atoms with Crippen molar-refractivity contribution in [3.63, 3.8) is 0 Å². The Morgan fingerprint density at radius 1 is 1.19 bits per heavy atom. The molecule has 1 aliphatic heterocycles. The minimum atomic E-state index is -0.869. The molecule has 0 spiro atoms. The lowest BCUT2D eigenvalue weighted by molar-refractivity contribution is -0.143. The van der Waals surface area contributed by atoms with Crippen LogP contribution in [-0.4, -0.2) is 41.0 Å². The highest BCUT2D eigenvalue weighted by Gasteiger charge is 2.32. The van der Waals surface area contributed by atoms with Crippen LogP contribution >= 0.6 is 0 Å². The number of hydrogen-bond donors (Lipinski definition) is 3. The Bertz CT molecular complexity index is 689. The van der Waals surface area contributed by atoms with Gasteiger partial charge in [-0.1, -0.05) is 19.9 Å². The number of carboxylic acids is 1. The van der Waals surface area contributed by atoms with Crippen LogP contribution in [0.25, 0.3) is 0 Å². The molecule has 0 bridgehead atoms. The number of anilines is 2. The van der Waals surface area contributed by atoms with E-state index in [2.05, 4.69) is 10.6 Å². The number of carbonyl (C=O) groups is 3. The summed E-state index contributed by atoms with van der Waals surface area (Å²) < 4.78 is 0. The third-order valence-electron chi connectivity index (χ3n) is 4.62. The van der Waals surface area contributed by atoms with Gasteiger partial charge in [-0.3, -0.25) is 9.59 Å². The minimum Gasteiger partial charge on any atom is -0.481 e. The number of benzene rings is 1. The van der Waals surface area contributed by atoms with Crippen LogP contribution in [0.15, 0.2) is 18.2 Å². The van der Waals surface area contributed by atoms with E-state index in [1.807, 2.05) is 20.8 Å². The molecule has 1 saturated heterocycles. The predicted octanol–water partition coefficient (Wildman–Crippen LogP) is 3.31. The summed E-state index contributed by atoms with van der Waals surface area (Å²) in [5, 5.41) is 15.0. The van der Waals surface area contributed by atoms with Crippen molar-refractivity contribution in [2.75, 3.05) is 23.7 Å². The molecule has 7 nitrogen and oxygen atoms in total. The van der Waals surface area contributed by atoms with Gasteiger partial charge in [-0.05, 0) is 43.4 Å². The van der Waals surface area contributed by atoms with Crippen molar-refractivity contribution in [3.8, 4) is 0 Å². The Hall–Kier alpha value is -2.57. The highest BCUT2D eigenvalue weighted by molar-refractivity contribution is 5.95. The molecule has 0 aliphatic carbocycles. The molecule has 2 unspecified atom stereocenters. The van der Waals surface area contributed by atoms with Gasteiger partial charge in [-0.2, -0.15) is 0 Å². The Morgan fingerprint density at radius 2 is 1.85 bits per heavy atom. The van der Waals surface area contributed by atoms with E-state index in [0.717, 1.165) is 12.0 Å². The maximum atomic E-state index is 12.6. The van der Waals surface area contributed by atoms with Crippen LogP contribution in [-0.2, 0) is 9.59 Å². The molecule has 2 rings (SSSR count). The summed E-state index contributed by atoms with van der Waals surface area (Å²) in [6.07, 6.45) is 1.79. The summed E-state index contributed by atoms with van der Waals surface area (Å²) in [5.74, 6) is -1.33. The molecule has 7 heteroatoms. The molecule has 1 aliphatic rings. The number of hydrogen-bond acceptors (Lipinski definition) is 3. The molecule has 3 amide bonds. The van der Waals surface area contributed by atoms with E-state index in [4.69, 9.17) is 0 Å². The third kappa shape index (κ3) is 4.97. The summed E-state index contributed by atoms with van der Waals surface area (Å²) in [4.78, 5) is 37.3. The Labute approximate surface area is 153 Å². The number of nitrogens with zero attached hydrogens (tertiary/aromatic N) is 1. The summed E-state index contributed by atoms with van der Waals surface area (Å²) in [5.41, 5.74) is 2.04. The standard InChI is InChI=1S/C19H27N3O4/c1-4-6-17(23)20-15-7-5-8-16(13(15)3)21-19(26)22-10-12(2)9-14(11-22)18(24)25/h5,7-8,12,14H,4,6,9-11H2,1-3H3,(H,20,23)(H,21,26)(H,24,25). The fourth-order valence-electron chi connectivity index (χ4n) is 3.24. The number of likely N-dealkylation sites (tertiary alicyclic amines) is 1. The first kappa shape index (κ1) is 19.8. The van der Waals surface area contributed by atoms with Gasteiger partial charge < -0.3 is 20.6 Å². The summed E-state index contributed by atoms with van der Waals surface area (Å²) in [6, 6.07) is 5.01. The second kappa shape index (κ2) is 8.69. The number of nitrogens with one attached hydrogen (secondary N) is 2. The van der Waals surface area contributed by atoms with Crippen LogP contribution in [0.3, 0.4) is 0 Å². The van der Waals surface area contributed by atoms with Gasteiger partial charge in [0.15, 0.2) is 0 Å². The molecule has 1 aromatic carbocycles. The smallest absolute Gasteiger partial charge is 0.321 e. The molecular formula is C19H27N3O4. The second-order valence-corrected chi connectivity index (χ2v) is 6.99. The fourth-order valence-corrected chi connectivity index (χ4v) is 3.24. The average molecular weight is 361 g/mol. The number of urea groups is 1. The van der Waals surface area contributed by atoms with Crippen LogP contribution in [0.2, 0.25) is 0 Å². The second-order valence-electron chi connectivity index (χ2n) is 6.99. The number of piperidine rings is 1. The molecule has 1 fully saturated rings. The lowest BCUT2D eigenvalue weighted by Gasteiger charge is -2.34. The van der Waals surface area contributed by atoms with Crippen molar-refractivity contribution in [2.24, 2.45) is 11.8 Å². The van der Waals surface area contributed by atoms with Gasteiger partial charge in [0, 0.05) is 30.9 Å². The van der Waals surface area contributed by atoms with Gasteiger partial charge in [-0.15, -0.1) is 0 Å². The monoisotopic (exact) mass is 361 g/mol.